The molecule has 3 aromatic rings. The molecule has 2 aromatic carbocycles. The number of aryl methyl sites for hydroxylation is 3. The van der Waals surface area contributed by atoms with Crippen LogP contribution in [0.2, 0.25) is 5.02 Å². The van der Waals surface area contributed by atoms with E-state index in [4.69, 9.17) is 11.6 Å². The first-order chi connectivity index (χ1) is 12.4. The van der Waals surface area contributed by atoms with Gasteiger partial charge in [0.25, 0.3) is 5.91 Å². The summed E-state index contributed by atoms with van der Waals surface area (Å²) in [6.45, 7) is 5.84. The van der Waals surface area contributed by atoms with Crippen LogP contribution in [-0.4, -0.2) is 15.9 Å². The van der Waals surface area contributed by atoms with Crippen LogP contribution in [0.5, 0.6) is 0 Å². The van der Waals surface area contributed by atoms with E-state index < -0.39 is 0 Å². The van der Waals surface area contributed by atoms with Crippen molar-refractivity contribution in [2.24, 2.45) is 0 Å². The molecule has 0 spiro atoms. The van der Waals surface area contributed by atoms with Crippen molar-refractivity contribution in [2.45, 2.75) is 20.8 Å². The molecule has 132 valence electrons. The van der Waals surface area contributed by atoms with Crippen LogP contribution >= 0.6 is 11.6 Å². The van der Waals surface area contributed by atoms with Crippen molar-refractivity contribution in [3.63, 3.8) is 0 Å². The topological polar surface area (TPSA) is 66.9 Å². The Kier molecular flexibility index (Phi) is 5.19. The fourth-order valence-corrected chi connectivity index (χ4v) is 2.80. The average molecular weight is 367 g/mol. The van der Waals surface area contributed by atoms with E-state index in [9.17, 15) is 4.79 Å². The fraction of sp³-hybridized carbons (Fsp3) is 0.150. The fourth-order valence-electron chi connectivity index (χ4n) is 2.61. The molecule has 0 saturated heterocycles. The largest absolute Gasteiger partial charge is 0.324 e. The molecule has 0 bridgehead atoms. The van der Waals surface area contributed by atoms with Crippen LogP contribution in [0.15, 0.2) is 48.5 Å². The number of anilines is 3. The van der Waals surface area contributed by atoms with Crippen LogP contribution in [0, 0.1) is 20.8 Å². The highest BCUT2D eigenvalue weighted by Crippen LogP contribution is 2.24. The van der Waals surface area contributed by atoms with E-state index in [0.29, 0.717) is 22.4 Å². The highest BCUT2D eigenvalue weighted by Gasteiger charge is 2.13. The molecule has 2 N–H and O–H groups in total. The maximum Gasteiger partial charge on any atom is 0.274 e. The molecular formula is C20H19ClN4O. The quantitative estimate of drug-likeness (QED) is 0.678. The number of carbonyl (C=O) groups is 1. The Labute approximate surface area is 157 Å². The molecule has 5 nitrogen and oxygen atoms in total. The third-order valence-electron chi connectivity index (χ3n) is 3.93. The lowest BCUT2D eigenvalue weighted by atomic mass is 10.1. The van der Waals surface area contributed by atoms with Gasteiger partial charge in [0.05, 0.1) is 10.7 Å². The van der Waals surface area contributed by atoms with Gasteiger partial charge in [0.15, 0.2) is 0 Å². The number of amides is 1. The Morgan fingerprint density at radius 2 is 1.65 bits per heavy atom. The number of para-hydroxylation sites is 2. The molecule has 0 aliphatic heterocycles. The van der Waals surface area contributed by atoms with E-state index in [1.165, 1.54) is 0 Å². The molecule has 0 aliphatic carbocycles. The van der Waals surface area contributed by atoms with Gasteiger partial charge in [0, 0.05) is 11.4 Å². The summed E-state index contributed by atoms with van der Waals surface area (Å²) >= 11 is 6.10. The lowest BCUT2D eigenvalue weighted by molar-refractivity contribution is 0.102. The van der Waals surface area contributed by atoms with Crippen molar-refractivity contribution in [1.82, 2.24) is 9.97 Å². The second-order valence-electron chi connectivity index (χ2n) is 6.04. The summed E-state index contributed by atoms with van der Waals surface area (Å²) in [5.41, 5.74) is 4.61. The highest BCUT2D eigenvalue weighted by molar-refractivity contribution is 6.33. The predicted octanol–water partition coefficient (Wildman–Crippen LogP) is 5.05. The highest BCUT2D eigenvalue weighted by atomic mass is 35.5. The number of rotatable bonds is 4. The summed E-state index contributed by atoms with van der Waals surface area (Å²) in [6.07, 6.45) is 0. The van der Waals surface area contributed by atoms with E-state index in [0.717, 1.165) is 16.8 Å². The third kappa shape index (κ3) is 4.00. The summed E-state index contributed by atoms with van der Waals surface area (Å²) in [6, 6.07) is 14.7. The number of nitrogens with one attached hydrogen (secondary N) is 2. The monoisotopic (exact) mass is 366 g/mol. The van der Waals surface area contributed by atoms with Gasteiger partial charge in [-0.05, 0) is 50.1 Å². The van der Waals surface area contributed by atoms with Gasteiger partial charge in [-0.3, -0.25) is 4.79 Å². The maximum absolute atomic E-state index is 12.6. The van der Waals surface area contributed by atoms with Crippen LogP contribution in [0.3, 0.4) is 0 Å². The summed E-state index contributed by atoms with van der Waals surface area (Å²) in [5, 5.41) is 6.47. The maximum atomic E-state index is 12.6. The first-order valence-electron chi connectivity index (χ1n) is 8.19. The molecule has 1 aromatic heterocycles. The van der Waals surface area contributed by atoms with E-state index in [1.807, 2.05) is 39.0 Å². The number of halogens is 1. The zero-order valence-corrected chi connectivity index (χ0v) is 15.6. The van der Waals surface area contributed by atoms with Gasteiger partial charge in [0.1, 0.15) is 5.69 Å². The van der Waals surface area contributed by atoms with Gasteiger partial charge in [-0.2, -0.15) is 0 Å². The number of aromatic nitrogens is 2. The van der Waals surface area contributed by atoms with Crippen molar-refractivity contribution < 1.29 is 4.79 Å². The number of carbonyl (C=O) groups excluding carboxylic acids is 1. The Bertz CT molecular complexity index is 952. The minimum Gasteiger partial charge on any atom is -0.324 e. The molecule has 1 heterocycles. The van der Waals surface area contributed by atoms with Crippen LogP contribution < -0.4 is 10.6 Å². The van der Waals surface area contributed by atoms with Gasteiger partial charge >= 0.3 is 0 Å². The summed E-state index contributed by atoms with van der Waals surface area (Å²) in [7, 11) is 0. The third-order valence-corrected chi connectivity index (χ3v) is 4.26. The first-order valence-corrected chi connectivity index (χ1v) is 8.56. The zero-order valence-electron chi connectivity index (χ0n) is 14.8. The Balaban J connectivity index is 1.88. The lowest BCUT2D eigenvalue weighted by Crippen LogP contribution is -2.16. The smallest absolute Gasteiger partial charge is 0.274 e. The summed E-state index contributed by atoms with van der Waals surface area (Å²) in [4.78, 5) is 21.3. The number of hydrogen-bond donors (Lipinski definition) is 2. The SMILES string of the molecule is Cc1cc(C(=O)Nc2ccccc2Cl)nc(Nc2c(C)cccc2C)n1. The zero-order chi connectivity index (χ0) is 18.7. The first kappa shape index (κ1) is 17.9. The molecular weight excluding hydrogens is 348 g/mol. The Hall–Kier alpha value is -2.92. The second-order valence-corrected chi connectivity index (χ2v) is 6.45. The molecule has 0 radical (unpaired) electrons. The standard InChI is InChI=1S/C20H19ClN4O/c1-12-7-6-8-13(2)18(12)25-20-22-14(3)11-17(24-20)19(26)23-16-10-5-4-9-15(16)21/h4-11H,1-3H3,(H,23,26)(H,22,24,25). The molecule has 0 fully saturated rings. The predicted molar refractivity (Wildman–Crippen MR) is 105 cm³/mol. The van der Waals surface area contributed by atoms with Crippen molar-refractivity contribution in [3.8, 4) is 0 Å². The molecule has 26 heavy (non-hydrogen) atoms. The van der Waals surface area contributed by atoms with Gasteiger partial charge in [-0.1, -0.05) is 41.9 Å². The van der Waals surface area contributed by atoms with Crippen LogP contribution in [0.4, 0.5) is 17.3 Å². The number of nitrogens with zero attached hydrogens (tertiary/aromatic N) is 2. The number of hydrogen-bond acceptors (Lipinski definition) is 4. The van der Waals surface area contributed by atoms with Gasteiger partial charge in [0.2, 0.25) is 5.95 Å². The average Bonchev–Trinajstić information content (AvgIpc) is 2.60. The van der Waals surface area contributed by atoms with E-state index in [2.05, 4.69) is 20.6 Å². The minimum absolute atomic E-state index is 0.270. The van der Waals surface area contributed by atoms with Crippen molar-refractivity contribution in [3.05, 3.63) is 76.1 Å². The Morgan fingerprint density at radius 3 is 2.35 bits per heavy atom. The Morgan fingerprint density at radius 1 is 0.962 bits per heavy atom. The van der Waals surface area contributed by atoms with Crippen molar-refractivity contribution >= 4 is 34.8 Å². The second kappa shape index (κ2) is 7.54. The van der Waals surface area contributed by atoms with Crippen LogP contribution in [0.25, 0.3) is 0 Å². The normalized spacial score (nSPS) is 10.5. The van der Waals surface area contributed by atoms with Crippen LogP contribution in [-0.2, 0) is 0 Å². The molecule has 3 rings (SSSR count). The molecule has 6 heteroatoms. The molecule has 0 aliphatic rings. The van der Waals surface area contributed by atoms with Crippen molar-refractivity contribution in [2.75, 3.05) is 10.6 Å². The van der Waals surface area contributed by atoms with E-state index >= 15 is 0 Å². The van der Waals surface area contributed by atoms with Gasteiger partial charge < -0.3 is 10.6 Å². The summed E-state index contributed by atoms with van der Waals surface area (Å²) in [5.74, 6) is 0.0415. The van der Waals surface area contributed by atoms with Crippen molar-refractivity contribution in [1.29, 1.82) is 0 Å². The van der Waals surface area contributed by atoms with E-state index in [1.54, 1.807) is 30.3 Å². The van der Waals surface area contributed by atoms with Gasteiger partial charge in [-0.25, -0.2) is 9.97 Å². The number of benzene rings is 2. The summed E-state index contributed by atoms with van der Waals surface area (Å²) < 4.78 is 0. The molecule has 0 saturated carbocycles. The molecule has 0 atom stereocenters. The van der Waals surface area contributed by atoms with Gasteiger partial charge in [-0.15, -0.1) is 0 Å². The van der Waals surface area contributed by atoms with E-state index in [-0.39, 0.29) is 11.6 Å². The molecule has 1 amide bonds. The minimum atomic E-state index is -0.340. The lowest BCUT2D eigenvalue weighted by Gasteiger charge is -2.13. The van der Waals surface area contributed by atoms with Crippen LogP contribution in [0.1, 0.15) is 27.3 Å². The molecule has 0 unspecified atom stereocenters.